The second-order valence-electron chi connectivity index (χ2n) is 7.22. The Hall–Kier alpha value is -2.66. The van der Waals surface area contributed by atoms with E-state index in [1.165, 1.54) is 17.7 Å². The summed E-state index contributed by atoms with van der Waals surface area (Å²) in [6.07, 6.45) is 4.70. The van der Waals surface area contributed by atoms with Crippen LogP contribution in [0.25, 0.3) is 0 Å². The number of amides is 1. The van der Waals surface area contributed by atoms with E-state index in [1.54, 1.807) is 10.7 Å². The van der Waals surface area contributed by atoms with Gasteiger partial charge >= 0.3 is 0 Å². The minimum Gasteiger partial charge on any atom is -0.337 e. The van der Waals surface area contributed by atoms with Gasteiger partial charge in [0.25, 0.3) is 0 Å². The molecule has 2 heterocycles. The Balaban J connectivity index is 1.51. The number of aromatic nitrogens is 2. The number of hydrogen-bond acceptors (Lipinski definition) is 2. The molecule has 0 saturated heterocycles. The molecule has 3 aromatic rings. The fraction of sp³-hybridized carbons (Fsp3) is 0.273. The maximum absolute atomic E-state index is 13.6. The molecule has 2 aromatic carbocycles. The highest BCUT2D eigenvalue weighted by Crippen LogP contribution is 2.33. The average molecular weight is 398 g/mol. The number of fused-ring (bicyclic) bond motifs is 1. The van der Waals surface area contributed by atoms with Crippen LogP contribution in [0, 0.1) is 5.82 Å². The zero-order chi connectivity index (χ0) is 19.7. The van der Waals surface area contributed by atoms with Crippen molar-refractivity contribution in [3.05, 3.63) is 88.0 Å². The number of aryl methyl sites for hydroxylation is 2. The van der Waals surface area contributed by atoms with Gasteiger partial charge in [0.2, 0.25) is 5.91 Å². The zero-order valence-electron chi connectivity index (χ0n) is 15.6. The topological polar surface area (TPSA) is 38.1 Å². The fourth-order valence-corrected chi connectivity index (χ4v) is 3.92. The normalized spacial score (nSPS) is 16.1. The highest BCUT2D eigenvalue weighted by atomic mass is 35.5. The van der Waals surface area contributed by atoms with Gasteiger partial charge in [-0.15, -0.1) is 0 Å². The van der Waals surface area contributed by atoms with Crippen LogP contribution in [0.5, 0.6) is 0 Å². The van der Waals surface area contributed by atoms with Gasteiger partial charge in [0.15, 0.2) is 0 Å². The molecule has 0 spiro atoms. The van der Waals surface area contributed by atoms with Gasteiger partial charge in [0.05, 0.1) is 11.2 Å². The summed E-state index contributed by atoms with van der Waals surface area (Å²) >= 11 is 5.73. The third kappa shape index (κ3) is 3.80. The summed E-state index contributed by atoms with van der Waals surface area (Å²) in [4.78, 5) is 14.8. The first-order valence-electron chi connectivity index (χ1n) is 9.29. The van der Waals surface area contributed by atoms with Crippen LogP contribution in [-0.2, 0) is 24.8 Å². The summed E-state index contributed by atoms with van der Waals surface area (Å²) in [5, 5.41) is 4.39. The summed E-state index contributed by atoms with van der Waals surface area (Å²) in [6, 6.07) is 12.9. The minimum atomic E-state index is -0.449. The van der Waals surface area contributed by atoms with Crippen molar-refractivity contribution in [1.29, 1.82) is 0 Å². The lowest BCUT2D eigenvalue weighted by atomic mass is 9.86. The molecule has 0 N–H and O–H groups in total. The lowest BCUT2D eigenvalue weighted by molar-refractivity contribution is -0.132. The molecule has 1 atom stereocenters. The summed E-state index contributed by atoms with van der Waals surface area (Å²) in [7, 11) is 1.90. The molecule has 0 bridgehead atoms. The number of nitrogens with zero attached hydrogens (tertiary/aromatic N) is 3. The molecule has 4 rings (SSSR count). The Labute approximate surface area is 168 Å². The standard InChI is InChI=1S/C22H21ClFN3O/c1-26-12-17(11-25-26)19-14-27(13-16-4-2-3-5-18(16)19)22(28)9-7-15-6-8-20(23)21(24)10-15/h2-6,8,10-12,19H,7,9,13-14H2,1H3. The average Bonchev–Trinajstić information content (AvgIpc) is 3.14. The first kappa shape index (κ1) is 18.7. The second-order valence-corrected chi connectivity index (χ2v) is 7.63. The van der Waals surface area contributed by atoms with Gasteiger partial charge in [-0.2, -0.15) is 5.10 Å². The molecular formula is C22H21ClFN3O. The van der Waals surface area contributed by atoms with Crippen LogP contribution in [0.3, 0.4) is 0 Å². The van der Waals surface area contributed by atoms with Gasteiger partial charge in [-0.05, 0) is 40.8 Å². The van der Waals surface area contributed by atoms with Crippen molar-refractivity contribution in [2.45, 2.75) is 25.3 Å². The van der Waals surface area contributed by atoms with Crippen LogP contribution in [0.1, 0.15) is 34.6 Å². The molecule has 28 heavy (non-hydrogen) atoms. The molecule has 0 fully saturated rings. The molecule has 1 aliphatic rings. The van der Waals surface area contributed by atoms with E-state index in [0.717, 1.165) is 16.7 Å². The van der Waals surface area contributed by atoms with Crippen LogP contribution < -0.4 is 0 Å². The predicted octanol–water partition coefficient (Wildman–Crippen LogP) is 4.32. The van der Waals surface area contributed by atoms with Gasteiger partial charge < -0.3 is 4.90 Å². The molecule has 0 aliphatic carbocycles. The summed E-state index contributed by atoms with van der Waals surface area (Å²) in [5.41, 5.74) is 4.29. The lowest BCUT2D eigenvalue weighted by Gasteiger charge is -2.34. The lowest BCUT2D eigenvalue weighted by Crippen LogP contribution is -2.38. The molecule has 1 amide bonds. The molecule has 0 saturated carbocycles. The van der Waals surface area contributed by atoms with Crippen molar-refractivity contribution in [1.82, 2.24) is 14.7 Å². The van der Waals surface area contributed by atoms with E-state index in [9.17, 15) is 9.18 Å². The number of benzene rings is 2. The van der Waals surface area contributed by atoms with Crippen molar-refractivity contribution in [3.8, 4) is 0 Å². The Morgan fingerprint density at radius 2 is 2.11 bits per heavy atom. The van der Waals surface area contributed by atoms with E-state index in [1.807, 2.05) is 36.5 Å². The van der Waals surface area contributed by atoms with Crippen molar-refractivity contribution in [3.63, 3.8) is 0 Å². The minimum absolute atomic E-state index is 0.0683. The molecule has 4 nitrogen and oxygen atoms in total. The highest BCUT2D eigenvalue weighted by Gasteiger charge is 2.29. The Kier molecular flexibility index (Phi) is 5.18. The summed E-state index contributed by atoms with van der Waals surface area (Å²) < 4.78 is 15.4. The SMILES string of the molecule is Cn1cc(C2CN(C(=O)CCc3ccc(Cl)c(F)c3)Cc3ccccc32)cn1. The third-order valence-corrected chi connectivity index (χ3v) is 5.59. The molecule has 6 heteroatoms. The second kappa shape index (κ2) is 7.76. The van der Waals surface area contributed by atoms with Gasteiger partial charge in [0, 0.05) is 38.7 Å². The molecule has 1 aliphatic heterocycles. The monoisotopic (exact) mass is 397 g/mol. The number of carbonyl (C=O) groups excluding carboxylic acids is 1. The van der Waals surface area contributed by atoms with Crippen LogP contribution >= 0.6 is 11.6 Å². The summed E-state index contributed by atoms with van der Waals surface area (Å²) in [6.45, 7) is 1.22. The van der Waals surface area contributed by atoms with E-state index in [4.69, 9.17) is 11.6 Å². The Morgan fingerprint density at radius 1 is 1.29 bits per heavy atom. The van der Waals surface area contributed by atoms with Gasteiger partial charge in [0.1, 0.15) is 5.82 Å². The highest BCUT2D eigenvalue weighted by molar-refractivity contribution is 6.30. The summed E-state index contributed by atoms with van der Waals surface area (Å²) in [5.74, 6) is -0.274. The van der Waals surface area contributed by atoms with Gasteiger partial charge in [-0.25, -0.2) is 4.39 Å². The van der Waals surface area contributed by atoms with Crippen LogP contribution in [0.2, 0.25) is 5.02 Å². The zero-order valence-corrected chi connectivity index (χ0v) is 16.4. The molecule has 0 radical (unpaired) electrons. The molecular weight excluding hydrogens is 377 g/mol. The fourth-order valence-electron chi connectivity index (χ4n) is 3.81. The van der Waals surface area contributed by atoms with Crippen molar-refractivity contribution < 1.29 is 9.18 Å². The quantitative estimate of drug-likeness (QED) is 0.657. The number of rotatable bonds is 4. The first-order chi connectivity index (χ1) is 13.5. The molecule has 1 aromatic heterocycles. The number of hydrogen-bond donors (Lipinski definition) is 0. The smallest absolute Gasteiger partial charge is 0.223 e. The Morgan fingerprint density at radius 3 is 2.86 bits per heavy atom. The van der Waals surface area contributed by atoms with E-state index >= 15 is 0 Å². The molecule has 1 unspecified atom stereocenters. The van der Waals surface area contributed by atoms with E-state index in [2.05, 4.69) is 17.2 Å². The third-order valence-electron chi connectivity index (χ3n) is 5.29. The van der Waals surface area contributed by atoms with Crippen molar-refractivity contribution >= 4 is 17.5 Å². The predicted molar refractivity (Wildman–Crippen MR) is 107 cm³/mol. The number of carbonyl (C=O) groups is 1. The number of halogens is 2. The van der Waals surface area contributed by atoms with Crippen LogP contribution in [-0.4, -0.2) is 27.1 Å². The van der Waals surface area contributed by atoms with E-state index in [0.29, 0.717) is 25.9 Å². The Bertz CT molecular complexity index is 1020. The van der Waals surface area contributed by atoms with Crippen molar-refractivity contribution in [2.75, 3.05) is 6.54 Å². The molecule has 144 valence electrons. The maximum Gasteiger partial charge on any atom is 0.223 e. The van der Waals surface area contributed by atoms with Crippen LogP contribution in [0.4, 0.5) is 4.39 Å². The van der Waals surface area contributed by atoms with Crippen LogP contribution in [0.15, 0.2) is 54.9 Å². The van der Waals surface area contributed by atoms with Crippen molar-refractivity contribution in [2.24, 2.45) is 7.05 Å². The maximum atomic E-state index is 13.6. The van der Waals surface area contributed by atoms with E-state index < -0.39 is 5.82 Å². The van der Waals surface area contributed by atoms with Gasteiger partial charge in [-0.3, -0.25) is 9.48 Å². The largest absolute Gasteiger partial charge is 0.337 e. The first-order valence-corrected chi connectivity index (χ1v) is 9.67. The van der Waals surface area contributed by atoms with E-state index in [-0.39, 0.29) is 16.8 Å². The van der Waals surface area contributed by atoms with Gasteiger partial charge in [-0.1, -0.05) is 41.9 Å².